The van der Waals surface area contributed by atoms with Gasteiger partial charge in [0.1, 0.15) is 0 Å². The van der Waals surface area contributed by atoms with E-state index in [1.54, 1.807) is 0 Å². The monoisotopic (exact) mass is 399 g/mol. The van der Waals surface area contributed by atoms with Crippen LogP contribution in [0.2, 0.25) is 0 Å². The molecule has 28 heavy (non-hydrogen) atoms. The number of hydrazone groups is 1. The number of anilines is 2. The second-order valence-corrected chi connectivity index (χ2v) is 6.19. The topological polar surface area (TPSA) is 27.6 Å². The number of nitrogens with zero attached hydrogens (tertiary/aromatic N) is 2. The minimum atomic E-state index is -4.37. The summed E-state index contributed by atoms with van der Waals surface area (Å²) < 4.78 is 38.1. The zero-order chi connectivity index (χ0) is 20.0. The van der Waals surface area contributed by atoms with Crippen molar-refractivity contribution < 1.29 is 13.2 Å². The van der Waals surface area contributed by atoms with Gasteiger partial charge in [-0.25, -0.2) is 5.01 Å². The number of rotatable bonds is 4. The Morgan fingerprint density at radius 2 is 1.43 bits per heavy atom. The molecular weight excluding hydrogens is 383 g/mol. The SMILES string of the molecule is FC(F)(F)c1ccc(/C=N/N(C(=S)Nc2ccccc2)c2ccccc2)cc1. The third-order valence-electron chi connectivity index (χ3n) is 3.78. The molecule has 0 saturated carbocycles. The third-order valence-corrected chi connectivity index (χ3v) is 4.05. The molecule has 0 amide bonds. The van der Waals surface area contributed by atoms with E-state index in [1.165, 1.54) is 23.4 Å². The van der Waals surface area contributed by atoms with Gasteiger partial charge in [-0.1, -0.05) is 48.5 Å². The summed E-state index contributed by atoms with van der Waals surface area (Å²) in [6.07, 6.45) is -2.90. The molecule has 0 aromatic heterocycles. The Bertz CT molecular complexity index is 940. The highest BCUT2D eigenvalue weighted by molar-refractivity contribution is 7.80. The van der Waals surface area contributed by atoms with Crippen molar-refractivity contribution in [3.8, 4) is 0 Å². The average molecular weight is 399 g/mol. The first-order chi connectivity index (χ1) is 13.4. The number of hydrogen-bond acceptors (Lipinski definition) is 2. The Balaban J connectivity index is 1.83. The van der Waals surface area contributed by atoms with Crippen LogP contribution in [-0.4, -0.2) is 11.3 Å². The van der Waals surface area contributed by atoms with Crippen molar-refractivity contribution in [3.63, 3.8) is 0 Å². The molecule has 3 nitrogen and oxygen atoms in total. The molecule has 0 unspecified atom stereocenters. The standard InChI is InChI=1S/C21H16F3N3S/c22-21(23,24)17-13-11-16(12-14-17)15-25-27(19-9-5-2-6-10-19)20(28)26-18-7-3-1-4-8-18/h1-15H,(H,26,28)/b25-15+. The minimum Gasteiger partial charge on any atom is -0.331 e. The zero-order valence-electron chi connectivity index (χ0n) is 14.6. The Hall–Kier alpha value is -3.19. The number of nitrogens with one attached hydrogen (secondary N) is 1. The molecule has 3 rings (SSSR count). The van der Waals surface area contributed by atoms with Gasteiger partial charge in [0.05, 0.1) is 17.5 Å². The summed E-state index contributed by atoms with van der Waals surface area (Å²) in [5.74, 6) is 0. The van der Waals surface area contributed by atoms with E-state index in [9.17, 15) is 13.2 Å². The van der Waals surface area contributed by atoms with Gasteiger partial charge in [-0.05, 0) is 54.2 Å². The lowest BCUT2D eigenvalue weighted by Gasteiger charge is -2.20. The maximum Gasteiger partial charge on any atom is 0.416 e. The summed E-state index contributed by atoms with van der Waals surface area (Å²) >= 11 is 5.48. The third kappa shape index (κ3) is 5.17. The molecule has 0 heterocycles. The van der Waals surface area contributed by atoms with Gasteiger partial charge in [0.2, 0.25) is 0 Å². The van der Waals surface area contributed by atoms with Gasteiger partial charge in [-0.2, -0.15) is 18.3 Å². The molecule has 0 aliphatic heterocycles. The normalized spacial score (nSPS) is 11.4. The fourth-order valence-electron chi connectivity index (χ4n) is 2.39. The van der Waals surface area contributed by atoms with Crippen molar-refractivity contribution in [3.05, 3.63) is 96.1 Å². The van der Waals surface area contributed by atoms with Gasteiger partial charge >= 0.3 is 6.18 Å². The largest absolute Gasteiger partial charge is 0.416 e. The van der Waals surface area contributed by atoms with Crippen LogP contribution in [-0.2, 0) is 6.18 Å². The summed E-state index contributed by atoms with van der Waals surface area (Å²) in [5.41, 5.74) is 1.35. The Morgan fingerprint density at radius 1 is 0.857 bits per heavy atom. The predicted molar refractivity (Wildman–Crippen MR) is 111 cm³/mol. The number of alkyl halides is 3. The Morgan fingerprint density at radius 3 is 2.00 bits per heavy atom. The molecule has 1 N–H and O–H groups in total. The lowest BCUT2D eigenvalue weighted by Crippen LogP contribution is -2.30. The van der Waals surface area contributed by atoms with E-state index in [4.69, 9.17) is 12.2 Å². The number of benzene rings is 3. The molecule has 0 aliphatic carbocycles. The number of thiocarbonyl (C=S) groups is 1. The maximum absolute atomic E-state index is 12.7. The summed E-state index contributed by atoms with van der Waals surface area (Å²) in [4.78, 5) is 0. The molecular formula is C21H16F3N3S. The van der Waals surface area contributed by atoms with Crippen molar-refractivity contribution >= 4 is 34.9 Å². The summed E-state index contributed by atoms with van der Waals surface area (Å²) in [7, 11) is 0. The number of para-hydroxylation sites is 2. The zero-order valence-corrected chi connectivity index (χ0v) is 15.4. The molecule has 0 radical (unpaired) electrons. The van der Waals surface area contributed by atoms with Crippen LogP contribution in [0, 0.1) is 0 Å². The van der Waals surface area contributed by atoms with E-state index in [0.29, 0.717) is 10.7 Å². The van der Waals surface area contributed by atoms with Crippen LogP contribution < -0.4 is 10.3 Å². The van der Waals surface area contributed by atoms with Gasteiger partial charge < -0.3 is 5.32 Å². The molecule has 0 bridgehead atoms. The number of hydrogen-bond donors (Lipinski definition) is 1. The smallest absolute Gasteiger partial charge is 0.331 e. The molecule has 0 aliphatic rings. The molecule has 142 valence electrons. The summed E-state index contributed by atoms with van der Waals surface area (Å²) in [6, 6.07) is 23.4. The van der Waals surface area contributed by atoms with E-state index in [2.05, 4.69) is 10.4 Å². The van der Waals surface area contributed by atoms with Crippen LogP contribution in [0.15, 0.2) is 90.0 Å². The lowest BCUT2D eigenvalue weighted by atomic mass is 10.1. The van der Waals surface area contributed by atoms with Gasteiger partial charge in [0.15, 0.2) is 5.11 Å². The molecule has 0 atom stereocenters. The molecule has 0 saturated heterocycles. The van der Waals surface area contributed by atoms with Crippen LogP contribution in [0.3, 0.4) is 0 Å². The van der Waals surface area contributed by atoms with Crippen LogP contribution in [0.25, 0.3) is 0 Å². The van der Waals surface area contributed by atoms with Crippen molar-refractivity contribution in [1.82, 2.24) is 0 Å². The first-order valence-corrected chi connectivity index (χ1v) is 8.77. The van der Waals surface area contributed by atoms with Gasteiger partial charge in [-0.3, -0.25) is 0 Å². The van der Waals surface area contributed by atoms with Crippen LogP contribution in [0.1, 0.15) is 11.1 Å². The van der Waals surface area contributed by atoms with Crippen molar-refractivity contribution in [2.75, 3.05) is 10.3 Å². The molecule has 7 heteroatoms. The second-order valence-electron chi connectivity index (χ2n) is 5.81. The molecule has 3 aromatic rings. The molecule has 0 spiro atoms. The first-order valence-electron chi connectivity index (χ1n) is 8.36. The van der Waals surface area contributed by atoms with Crippen LogP contribution in [0.5, 0.6) is 0 Å². The summed E-state index contributed by atoms with van der Waals surface area (Å²) in [5, 5.41) is 9.32. The predicted octanol–water partition coefficient (Wildman–Crippen LogP) is 5.94. The van der Waals surface area contributed by atoms with Crippen molar-refractivity contribution in [1.29, 1.82) is 0 Å². The highest BCUT2D eigenvalue weighted by Gasteiger charge is 2.29. The molecule has 0 fully saturated rings. The fraction of sp³-hybridized carbons (Fsp3) is 0.0476. The highest BCUT2D eigenvalue weighted by atomic mass is 32.1. The van der Waals surface area contributed by atoms with Crippen LogP contribution >= 0.6 is 12.2 Å². The average Bonchev–Trinajstić information content (AvgIpc) is 2.69. The van der Waals surface area contributed by atoms with E-state index in [1.807, 2.05) is 60.7 Å². The first kappa shape index (κ1) is 19.6. The van der Waals surface area contributed by atoms with Gasteiger partial charge in [0.25, 0.3) is 0 Å². The van der Waals surface area contributed by atoms with Crippen molar-refractivity contribution in [2.24, 2.45) is 5.10 Å². The van der Waals surface area contributed by atoms with Gasteiger partial charge in [0, 0.05) is 5.69 Å². The Kier molecular flexibility index (Phi) is 6.06. The fourth-order valence-corrected chi connectivity index (χ4v) is 2.66. The van der Waals surface area contributed by atoms with Crippen molar-refractivity contribution in [2.45, 2.75) is 6.18 Å². The highest BCUT2D eigenvalue weighted by Crippen LogP contribution is 2.29. The van der Waals surface area contributed by atoms with E-state index < -0.39 is 11.7 Å². The van der Waals surface area contributed by atoms with E-state index in [0.717, 1.165) is 23.5 Å². The quantitative estimate of drug-likeness (QED) is 0.334. The van der Waals surface area contributed by atoms with E-state index >= 15 is 0 Å². The second kappa shape index (κ2) is 8.67. The lowest BCUT2D eigenvalue weighted by molar-refractivity contribution is -0.137. The molecule has 3 aromatic carbocycles. The maximum atomic E-state index is 12.7. The minimum absolute atomic E-state index is 0.334. The number of halogens is 3. The Labute approximate surface area is 166 Å². The van der Waals surface area contributed by atoms with E-state index in [-0.39, 0.29) is 0 Å². The van der Waals surface area contributed by atoms with Crippen LogP contribution in [0.4, 0.5) is 24.5 Å². The van der Waals surface area contributed by atoms with Gasteiger partial charge in [-0.15, -0.1) is 0 Å². The summed E-state index contributed by atoms with van der Waals surface area (Å²) in [6.45, 7) is 0.